The van der Waals surface area contributed by atoms with Crippen LogP contribution in [-0.2, 0) is 0 Å². The van der Waals surface area contributed by atoms with Crippen LogP contribution in [0.15, 0.2) is 18.2 Å². The van der Waals surface area contributed by atoms with E-state index in [4.69, 9.17) is 17.1 Å². The molecule has 0 spiro atoms. The molecular formula is C12H19ClN2OP-. The molecule has 0 saturated heterocycles. The first kappa shape index (κ1) is 14.7. The van der Waals surface area contributed by atoms with E-state index in [1.54, 1.807) is 18.2 Å². The highest BCUT2D eigenvalue weighted by molar-refractivity contribution is 7.56. The molecule has 2 N–H and O–H groups in total. The Morgan fingerprint density at radius 2 is 1.76 bits per heavy atom. The molecule has 1 unspecified atom stereocenters. The lowest BCUT2D eigenvalue weighted by atomic mass is 10.2. The number of anilines is 1. The van der Waals surface area contributed by atoms with E-state index in [-0.39, 0.29) is 12.1 Å². The van der Waals surface area contributed by atoms with Crippen molar-refractivity contribution in [2.45, 2.75) is 39.8 Å². The Morgan fingerprint density at radius 3 is 2.18 bits per heavy atom. The van der Waals surface area contributed by atoms with Crippen LogP contribution in [0.4, 0.5) is 5.69 Å². The van der Waals surface area contributed by atoms with E-state index in [0.717, 1.165) is 5.69 Å². The zero-order chi connectivity index (χ0) is 13.2. The third kappa shape index (κ3) is 3.32. The Labute approximate surface area is 109 Å². The molecule has 0 bridgehead atoms. The second-order valence-electron chi connectivity index (χ2n) is 4.53. The molecule has 0 heterocycles. The zero-order valence-electron chi connectivity index (χ0n) is 10.6. The number of rotatable bonds is 4. The van der Waals surface area contributed by atoms with Crippen molar-refractivity contribution < 1.29 is 4.89 Å². The summed E-state index contributed by atoms with van der Waals surface area (Å²) < 4.78 is 0. The first-order chi connectivity index (χ1) is 7.86. The largest absolute Gasteiger partial charge is 0.815 e. The topological polar surface area (TPSA) is 52.3 Å². The Balaban J connectivity index is 3.35. The maximum Gasteiger partial charge on any atom is 0.0646 e. The number of nitrogens with two attached hydrogens (primary N) is 1. The van der Waals surface area contributed by atoms with Crippen LogP contribution < -0.4 is 20.6 Å². The SMILES string of the molecule is CC(C)N(c1c(Cl)cccc1P(N)[O-])C(C)C. The highest BCUT2D eigenvalue weighted by Gasteiger charge is 2.20. The fourth-order valence-corrected chi connectivity index (χ4v) is 3.07. The Kier molecular flexibility index (Phi) is 5.21. The van der Waals surface area contributed by atoms with Crippen LogP contribution in [0.1, 0.15) is 27.7 Å². The van der Waals surface area contributed by atoms with Gasteiger partial charge in [-0.3, -0.25) is 0 Å². The molecule has 1 rings (SSSR count). The van der Waals surface area contributed by atoms with Gasteiger partial charge in [-0.15, -0.1) is 8.30 Å². The molecule has 0 aliphatic rings. The normalized spacial score (nSPS) is 13.2. The summed E-state index contributed by atoms with van der Waals surface area (Å²) in [6.07, 6.45) is 0. The van der Waals surface area contributed by atoms with Gasteiger partial charge in [0.1, 0.15) is 0 Å². The smallest absolute Gasteiger partial charge is 0.0646 e. The van der Waals surface area contributed by atoms with Gasteiger partial charge in [0.25, 0.3) is 0 Å². The summed E-state index contributed by atoms with van der Waals surface area (Å²) in [6.45, 7) is 8.32. The van der Waals surface area contributed by atoms with Gasteiger partial charge in [-0.25, -0.2) is 0 Å². The molecule has 0 aliphatic carbocycles. The first-order valence-electron chi connectivity index (χ1n) is 5.65. The first-order valence-corrected chi connectivity index (χ1v) is 7.35. The standard InChI is InChI=1S/C12H19ClN2OP/c1-8(2)15(9(3)4)12-10(13)6-5-7-11(12)17(14)16/h5-9H,14H2,1-4H3/q-1. The second-order valence-corrected chi connectivity index (χ2v) is 6.07. The minimum Gasteiger partial charge on any atom is -0.815 e. The van der Waals surface area contributed by atoms with Gasteiger partial charge in [-0.1, -0.05) is 23.7 Å². The van der Waals surface area contributed by atoms with E-state index in [2.05, 4.69) is 32.6 Å². The van der Waals surface area contributed by atoms with Crippen LogP contribution >= 0.6 is 19.9 Å². The van der Waals surface area contributed by atoms with Crippen LogP contribution in [0.25, 0.3) is 0 Å². The van der Waals surface area contributed by atoms with E-state index in [1.165, 1.54) is 0 Å². The average Bonchev–Trinajstić information content (AvgIpc) is 2.19. The van der Waals surface area contributed by atoms with Crippen LogP contribution in [0.3, 0.4) is 0 Å². The Morgan fingerprint density at radius 1 is 1.24 bits per heavy atom. The summed E-state index contributed by atoms with van der Waals surface area (Å²) in [5.41, 5.74) is 6.34. The fourth-order valence-electron chi connectivity index (χ4n) is 2.05. The highest BCUT2D eigenvalue weighted by atomic mass is 35.5. The Hall–Kier alpha value is -0.340. The van der Waals surface area contributed by atoms with Gasteiger partial charge >= 0.3 is 0 Å². The molecule has 1 aromatic rings. The van der Waals surface area contributed by atoms with Gasteiger partial charge in [0.05, 0.1) is 10.7 Å². The summed E-state index contributed by atoms with van der Waals surface area (Å²) in [6, 6.07) is 5.89. The lowest BCUT2D eigenvalue weighted by Gasteiger charge is -2.37. The fraction of sp³-hybridized carbons (Fsp3) is 0.500. The maximum atomic E-state index is 11.6. The zero-order valence-corrected chi connectivity index (χ0v) is 12.3. The van der Waals surface area contributed by atoms with Gasteiger partial charge in [-0.05, 0) is 39.1 Å². The summed E-state index contributed by atoms with van der Waals surface area (Å²) >= 11 is 6.23. The summed E-state index contributed by atoms with van der Waals surface area (Å²) in [5.74, 6) is 0. The minimum absolute atomic E-state index is 0.267. The molecule has 0 aliphatic heterocycles. The van der Waals surface area contributed by atoms with Crippen LogP contribution in [0.5, 0.6) is 0 Å². The highest BCUT2D eigenvalue weighted by Crippen LogP contribution is 2.32. The van der Waals surface area contributed by atoms with Crippen molar-refractivity contribution >= 4 is 30.9 Å². The second kappa shape index (κ2) is 6.01. The van der Waals surface area contributed by atoms with E-state index >= 15 is 0 Å². The molecule has 0 radical (unpaired) electrons. The van der Waals surface area contributed by atoms with Gasteiger partial charge in [0, 0.05) is 12.1 Å². The van der Waals surface area contributed by atoms with Crippen molar-refractivity contribution in [1.29, 1.82) is 0 Å². The number of para-hydroxylation sites is 1. The predicted molar refractivity (Wildman–Crippen MR) is 74.9 cm³/mol. The van der Waals surface area contributed by atoms with Gasteiger partial charge in [0.2, 0.25) is 0 Å². The van der Waals surface area contributed by atoms with Gasteiger partial charge in [-0.2, -0.15) is 0 Å². The molecule has 17 heavy (non-hydrogen) atoms. The molecular weight excluding hydrogens is 255 g/mol. The van der Waals surface area contributed by atoms with Crippen LogP contribution in [-0.4, -0.2) is 12.1 Å². The van der Waals surface area contributed by atoms with Crippen molar-refractivity contribution in [2.75, 3.05) is 4.90 Å². The monoisotopic (exact) mass is 273 g/mol. The summed E-state index contributed by atoms with van der Waals surface area (Å²) in [5, 5.41) is 1.22. The number of benzene rings is 1. The van der Waals surface area contributed by atoms with Crippen LogP contribution in [0, 0.1) is 0 Å². The summed E-state index contributed by atoms with van der Waals surface area (Å²) in [7, 11) is -1.89. The molecule has 5 heteroatoms. The van der Waals surface area contributed by atoms with E-state index in [1.807, 2.05) is 0 Å². The Bertz CT molecular complexity index is 375. The van der Waals surface area contributed by atoms with Gasteiger partial charge < -0.3 is 15.3 Å². The van der Waals surface area contributed by atoms with Crippen molar-refractivity contribution in [1.82, 2.24) is 0 Å². The quantitative estimate of drug-likeness (QED) is 0.856. The van der Waals surface area contributed by atoms with E-state index < -0.39 is 8.30 Å². The molecule has 0 aromatic heterocycles. The molecule has 96 valence electrons. The van der Waals surface area contributed by atoms with Crippen molar-refractivity contribution in [2.24, 2.45) is 5.50 Å². The predicted octanol–water partition coefficient (Wildman–Crippen LogP) is 2.22. The van der Waals surface area contributed by atoms with Crippen LogP contribution in [0.2, 0.25) is 5.02 Å². The molecule has 1 aromatic carbocycles. The number of nitrogens with zero attached hydrogens (tertiary/aromatic N) is 1. The lowest BCUT2D eigenvalue weighted by Crippen LogP contribution is -2.40. The molecule has 0 fully saturated rings. The maximum absolute atomic E-state index is 11.6. The van der Waals surface area contributed by atoms with Crippen molar-refractivity contribution in [3.05, 3.63) is 23.2 Å². The minimum atomic E-state index is -1.89. The lowest BCUT2D eigenvalue weighted by molar-refractivity contribution is -0.156. The van der Waals surface area contributed by atoms with Crippen molar-refractivity contribution in [3.8, 4) is 0 Å². The number of hydrogen-bond donors (Lipinski definition) is 1. The van der Waals surface area contributed by atoms with Crippen molar-refractivity contribution in [3.63, 3.8) is 0 Å². The molecule has 0 amide bonds. The number of hydrogen-bond acceptors (Lipinski definition) is 3. The average molecular weight is 274 g/mol. The molecule has 3 nitrogen and oxygen atoms in total. The molecule has 0 saturated carbocycles. The molecule has 1 atom stereocenters. The summed E-state index contributed by atoms with van der Waals surface area (Å²) in [4.78, 5) is 13.7. The van der Waals surface area contributed by atoms with E-state index in [9.17, 15) is 4.89 Å². The van der Waals surface area contributed by atoms with E-state index in [0.29, 0.717) is 10.3 Å². The third-order valence-electron chi connectivity index (χ3n) is 2.57. The van der Waals surface area contributed by atoms with Gasteiger partial charge in [0.15, 0.2) is 0 Å². The third-order valence-corrected chi connectivity index (χ3v) is 3.71. The number of halogens is 1.